The van der Waals surface area contributed by atoms with Gasteiger partial charge in [-0.25, -0.2) is 5.43 Å². The Morgan fingerprint density at radius 1 is 1.22 bits per heavy atom. The lowest BCUT2D eigenvalue weighted by molar-refractivity contribution is -0.130. The van der Waals surface area contributed by atoms with Crippen LogP contribution < -0.4 is 14.9 Å². The molecule has 2 aromatic carbocycles. The van der Waals surface area contributed by atoms with Gasteiger partial charge in [-0.05, 0) is 36.8 Å². The summed E-state index contributed by atoms with van der Waals surface area (Å²) in [7, 11) is 0. The van der Waals surface area contributed by atoms with Crippen LogP contribution in [-0.4, -0.2) is 24.3 Å². The first-order valence-corrected chi connectivity index (χ1v) is 7.91. The van der Waals surface area contributed by atoms with Crippen LogP contribution in [0.15, 0.2) is 58.1 Å². The van der Waals surface area contributed by atoms with E-state index in [1.54, 1.807) is 12.1 Å². The Bertz CT molecular complexity index is 761. The lowest BCUT2D eigenvalue weighted by atomic mass is 10.1. The van der Waals surface area contributed by atoms with Crippen molar-refractivity contribution in [1.29, 1.82) is 0 Å². The van der Waals surface area contributed by atoms with Crippen LogP contribution in [0, 0.1) is 0 Å². The second-order valence-corrected chi connectivity index (χ2v) is 5.96. The summed E-state index contributed by atoms with van der Waals surface area (Å²) in [6.45, 7) is 1.99. The van der Waals surface area contributed by atoms with Crippen molar-refractivity contribution in [3.05, 3.63) is 58.6 Å². The summed E-state index contributed by atoms with van der Waals surface area (Å²) in [6.07, 6.45) is -0.719. The molecule has 0 saturated carbocycles. The van der Waals surface area contributed by atoms with Gasteiger partial charge in [0.15, 0.2) is 11.5 Å². The molecule has 0 radical (unpaired) electrons. The molecule has 1 heterocycles. The van der Waals surface area contributed by atoms with E-state index in [0.29, 0.717) is 17.2 Å². The molecule has 1 aliphatic heterocycles. The molecule has 0 aromatic heterocycles. The summed E-state index contributed by atoms with van der Waals surface area (Å²) < 4.78 is 12.1. The van der Waals surface area contributed by atoms with Crippen LogP contribution in [0.5, 0.6) is 11.5 Å². The molecule has 23 heavy (non-hydrogen) atoms. The van der Waals surface area contributed by atoms with Gasteiger partial charge in [0.1, 0.15) is 6.61 Å². The van der Waals surface area contributed by atoms with Crippen molar-refractivity contribution in [2.75, 3.05) is 6.61 Å². The van der Waals surface area contributed by atoms with Gasteiger partial charge < -0.3 is 9.47 Å². The van der Waals surface area contributed by atoms with Crippen LogP contribution >= 0.6 is 15.9 Å². The number of benzene rings is 2. The molecule has 0 saturated heterocycles. The van der Waals surface area contributed by atoms with Gasteiger partial charge in [0.2, 0.25) is 6.10 Å². The Hall–Kier alpha value is -2.34. The van der Waals surface area contributed by atoms with E-state index in [1.165, 1.54) is 0 Å². The van der Waals surface area contributed by atoms with Crippen LogP contribution in [0.1, 0.15) is 12.5 Å². The number of hydrogen-bond donors (Lipinski definition) is 1. The molecule has 1 aliphatic rings. The first-order valence-electron chi connectivity index (χ1n) is 7.12. The highest BCUT2D eigenvalue weighted by Gasteiger charge is 2.27. The Balaban J connectivity index is 1.65. The number of nitrogens with zero attached hydrogens (tertiary/aromatic N) is 1. The highest BCUT2D eigenvalue weighted by atomic mass is 79.9. The molecule has 1 amide bonds. The summed E-state index contributed by atoms with van der Waals surface area (Å²) in [5.74, 6) is 0.866. The molecule has 5 nitrogen and oxygen atoms in total. The molecule has 6 heteroatoms. The normalized spacial score (nSPS) is 16.8. The molecule has 0 spiro atoms. The summed E-state index contributed by atoms with van der Waals surface area (Å²) in [5, 5.41) is 4.13. The van der Waals surface area contributed by atoms with Crippen molar-refractivity contribution in [3.8, 4) is 11.5 Å². The van der Waals surface area contributed by atoms with Crippen LogP contribution in [0.3, 0.4) is 0 Å². The van der Waals surface area contributed by atoms with E-state index in [2.05, 4.69) is 26.5 Å². The second kappa shape index (κ2) is 6.83. The topological polar surface area (TPSA) is 59.9 Å². The minimum atomic E-state index is -0.719. The maximum absolute atomic E-state index is 12.2. The van der Waals surface area contributed by atoms with E-state index >= 15 is 0 Å². The molecule has 3 rings (SSSR count). The van der Waals surface area contributed by atoms with Gasteiger partial charge in [0.05, 0.1) is 5.71 Å². The van der Waals surface area contributed by atoms with Gasteiger partial charge in [-0.3, -0.25) is 4.79 Å². The number of nitrogens with one attached hydrogen (secondary N) is 1. The van der Waals surface area contributed by atoms with E-state index < -0.39 is 6.10 Å². The number of hydrogen-bond acceptors (Lipinski definition) is 4. The third-order valence-corrected chi connectivity index (χ3v) is 3.87. The number of para-hydroxylation sites is 2. The second-order valence-electron chi connectivity index (χ2n) is 5.05. The zero-order valence-electron chi connectivity index (χ0n) is 12.5. The lowest BCUT2D eigenvalue weighted by Crippen LogP contribution is -2.42. The molecule has 0 aliphatic carbocycles. The van der Waals surface area contributed by atoms with Crippen LogP contribution in [0.4, 0.5) is 0 Å². The molecule has 118 valence electrons. The first-order chi connectivity index (χ1) is 11.1. The largest absolute Gasteiger partial charge is 0.485 e. The summed E-state index contributed by atoms with van der Waals surface area (Å²) in [6, 6.07) is 15.0. The number of halogens is 1. The number of carbonyl (C=O) groups excluding carboxylic acids is 1. The van der Waals surface area contributed by atoms with Crippen molar-refractivity contribution in [2.45, 2.75) is 13.0 Å². The maximum Gasteiger partial charge on any atom is 0.284 e. The minimum absolute atomic E-state index is 0.161. The molecule has 1 unspecified atom stereocenters. The molecule has 2 aromatic rings. The van der Waals surface area contributed by atoms with Crippen molar-refractivity contribution in [3.63, 3.8) is 0 Å². The van der Waals surface area contributed by atoms with Gasteiger partial charge in [-0.2, -0.15) is 5.10 Å². The van der Waals surface area contributed by atoms with Crippen molar-refractivity contribution in [1.82, 2.24) is 5.43 Å². The summed E-state index contributed by atoms with van der Waals surface area (Å²) in [5.41, 5.74) is 4.16. The predicted molar refractivity (Wildman–Crippen MR) is 90.8 cm³/mol. The summed E-state index contributed by atoms with van der Waals surface area (Å²) >= 11 is 3.41. The van der Waals surface area contributed by atoms with Crippen molar-refractivity contribution >= 4 is 27.5 Å². The number of fused-ring (bicyclic) bond motifs is 1. The van der Waals surface area contributed by atoms with Gasteiger partial charge >= 0.3 is 0 Å². The van der Waals surface area contributed by atoms with E-state index in [0.717, 1.165) is 10.0 Å². The van der Waals surface area contributed by atoms with Crippen LogP contribution in [0.25, 0.3) is 0 Å². The average molecular weight is 375 g/mol. The third-order valence-electron chi connectivity index (χ3n) is 3.38. The van der Waals surface area contributed by atoms with Crippen molar-refractivity contribution in [2.24, 2.45) is 5.10 Å². The fourth-order valence-corrected chi connectivity index (χ4v) is 2.54. The molecule has 1 N–H and O–H groups in total. The zero-order chi connectivity index (χ0) is 16.2. The van der Waals surface area contributed by atoms with E-state index in [1.807, 2.05) is 43.3 Å². The summed E-state index contributed by atoms with van der Waals surface area (Å²) in [4.78, 5) is 12.2. The predicted octanol–water partition coefficient (Wildman–Crippen LogP) is 3.13. The molecule has 0 fully saturated rings. The Kier molecular flexibility index (Phi) is 4.62. The Morgan fingerprint density at radius 3 is 2.78 bits per heavy atom. The first kappa shape index (κ1) is 15.6. The Morgan fingerprint density at radius 2 is 2.00 bits per heavy atom. The fraction of sp³-hybridized carbons (Fsp3) is 0.176. The monoisotopic (exact) mass is 374 g/mol. The molecule has 0 bridgehead atoms. The Labute approximate surface area is 142 Å². The quantitative estimate of drug-likeness (QED) is 0.663. The smallest absolute Gasteiger partial charge is 0.284 e. The number of rotatable bonds is 3. The van der Waals surface area contributed by atoms with Crippen molar-refractivity contribution < 1.29 is 14.3 Å². The van der Waals surface area contributed by atoms with Crippen LogP contribution in [0.2, 0.25) is 0 Å². The van der Waals surface area contributed by atoms with E-state index in [-0.39, 0.29) is 12.5 Å². The molecular formula is C17H15BrN2O3. The number of carbonyl (C=O) groups is 1. The molecular weight excluding hydrogens is 360 g/mol. The SMILES string of the molecule is CC(=NNC(=O)C1COc2ccccc2O1)c1cccc(Br)c1. The maximum atomic E-state index is 12.2. The molecule has 1 atom stereocenters. The fourth-order valence-electron chi connectivity index (χ4n) is 2.14. The third kappa shape index (κ3) is 3.71. The van der Waals surface area contributed by atoms with Gasteiger partial charge in [0.25, 0.3) is 5.91 Å². The number of amides is 1. The van der Waals surface area contributed by atoms with Gasteiger partial charge in [-0.15, -0.1) is 0 Å². The standard InChI is InChI=1S/C17H15BrN2O3/c1-11(12-5-4-6-13(18)9-12)19-20-17(21)16-10-22-14-7-2-3-8-15(14)23-16/h2-9,16H,10H2,1H3,(H,20,21). The number of ether oxygens (including phenoxy) is 2. The van der Waals surface area contributed by atoms with Gasteiger partial charge in [-0.1, -0.05) is 40.2 Å². The number of hydrazone groups is 1. The lowest BCUT2D eigenvalue weighted by Gasteiger charge is -2.24. The van der Waals surface area contributed by atoms with E-state index in [4.69, 9.17) is 9.47 Å². The van der Waals surface area contributed by atoms with Gasteiger partial charge in [0, 0.05) is 4.47 Å². The highest BCUT2D eigenvalue weighted by molar-refractivity contribution is 9.10. The van der Waals surface area contributed by atoms with E-state index in [9.17, 15) is 4.79 Å². The minimum Gasteiger partial charge on any atom is -0.485 e. The average Bonchev–Trinajstić information content (AvgIpc) is 2.59. The van der Waals surface area contributed by atoms with Crippen LogP contribution in [-0.2, 0) is 4.79 Å². The zero-order valence-corrected chi connectivity index (χ0v) is 14.0. The highest BCUT2D eigenvalue weighted by Crippen LogP contribution is 2.30.